The summed E-state index contributed by atoms with van der Waals surface area (Å²) >= 11 is 5.53. The second kappa shape index (κ2) is 5.71. The Bertz CT molecular complexity index is 477. The van der Waals surface area contributed by atoms with Crippen molar-refractivity contribution in [2.75, 3.05) is 6.61 Å². The van der Waals surface area contributed by atoms with Crippen molar-refractivity contribution in [3.63, 3.8) is 0 Å². The second-order valence-electron chi connectivity index (χ2n) is 3.05. The van der Waals surface area contributed by atoms with Gasteiger partial charge in [-0.15, -0.1) is 0 Å². The van der Waals surface area contributed by atoms with Gasteiger partial charge in [-0.2, -0.15) is 5.10 Å². The smallest absolute Gasteiger partial charge is 0.335 e. The average Bonchev–Trinajstić information content (AvgIpc) is 2.56. The molecule has 0 saturated heterocycles. The summed E-state index contributed by atoms with van der Waals surface area (Å²) in [7, 11) is 0. The number of rotatable bonds is 5. The molecule has 0 spiro atoms. The number of nitrogens with zero attached hydrogens (tertiary/aromatic N) is 3. The van der Waals surface area contributed by atoms with Crippen LogP contribution < -0.4 is 0 Å². The Labute approximate surface area is 104 Å². The highest BCUT2D eigenvalue weighted by Crippen LogP contribution is 2.34. The van der Waals surface area contributed by atoms with E-state index in [-0.39, 0.29) is 6.61 Å². The van der Waals surface area contributed by atoms with Crippen molar-refractivity contribution in [1.82, 2.24) is 9.78 Å². The Morgan fingerprint density at radius 2 is 2.28 bits per heavy atom. The molecule has 1 rings (SSSR count). The van der Waals surface area contributed by atoms with Crippen molar-refractivity contribution < 1.29 is 23.2 Å². The highest BCUT2D eigenvalue weighted by molar-refractivity contribution is 6.31. The van der Waals surface area contributed by atoms with Gasteiger partial charge < -0.3 is 4.74 Å². The molecule has 7 nitrogen and oxygen atoms in total. The summed E-state index contributed by atoms with van der Waals surface area (Å²) < 4.78 is 30.2. The normalized spacial score (nSPS) is 10.7. The van der Waals surface area contributed by atoms with Crippen molar-refractivity contribution in [2.24, 2.45) is 0 Å². The fourth-order valence-corrected chi connectivity index (χ4v) is 1.46. The summed E-state index contributed by atoms with van der Waals surface area (Å²) in [6.45, 7) is 1.07. The molecule has 0 aliphatic carbocycles. The topological polar surface area (TPSA) is 87.3 Å². The maximum Gasteiger partial charge on any atom is 0.335 e. The van der Waals surface area contributed by atoms with Gasteiger partial charge in [0, 0.05) is 0 Å². The van der Waals surface area contributed by atoms with E-state index in [1.807, 2.05) is 0 Å². The molecule has 100 valence electrons. The molecule has 0 unspecified atom stereocenters. The van der Waals surface area contributed by atoms with Crippen LogP contribution in [0.2, 0.25) is 5.15 Å². The molecule has 0 bridgehead atoms. The summed E-state index contributed by atoms with van der Waals surface area (Å²) in [6.07, 6.45) is -3.16. The van der Waals surface area contributed by atoms with E-state index in [0.717, 1.165) is 0 Å². The fourth-order valence-electron chi connectivity index (χ4n) is 1.20. The lowest BCUT2D eigenvalue weighted by atomic mass is 10.4. The van der Waals surface area contributed by atoms with Gasteiger partial charge in [-0.3, -0.25) is 14.9 Å². The lowest BCUT2D eigenvalue weighted by Crippen LogP contribution is -2.14. The molecule has 0 amide bonds. The monoisotopic (exact) mass is 283 g/mol. The van der Waals surface area contributed by atoms with E-state index in [1.54, 1.807) is 6.92 Å². The van der Waals surface area contributed by atoms with Gasteiger partial charge in [0.25, 0.3) is 6.43 Å². The summed E-state index contributed by atoms with van der Waals surface area (Å²) in [5.41, 5.74) is -2.08. The van der Waals surface area contributed by atoms with E-state index >= 15 is 0 Å². The first-order chi connectivity index (χ1) is 8.38. The molecule has 0 aliphatic heterocycles. The van der Waals surface area contributed by atoms with Crippen LogP contribution in [0.1, 0.15) is 19.0 Å². The molecular weight excluding hydrogens is 276 g/mol. The van der Waals surface area contributed by atoms with Gasteiger partial charge in [0.1, 0.15) is 6.54 Å². The standard InChI is InChI=1S/C8H8ClF2N3O4/c1-2-18-4(15)3-13-7(9)6(14(16)17)5(12-13)8(10)11/h8H,2-3H2,1H3. The minimum absolute atomic E-state index is 0.0848. The summed E-state index contributed by atoms with van der Waals surface area (Å²) in [5, 5.41) is 13.2. The minimum Gasteiger partial charge on any atom is -0.465 e. The third-order valence-electron chi connectivity index (χ3n) is 1.87. The first kappa shape index (κ1) is 14.3. The van der Waals surface area contributed by atoms with E-state index < -0.39 is 40.4 Å². The molecule has 0 fully saturated rings. The summed E-state index contributed by atoms with van der Waals surface area (Å²) in [4.78, 5) is 20.6. The zero-order valence-corrected chi connectivity index (χ0v) is 9.86. The van der Waals surface area contributed by atoms with E-state index in [2.05, 4.69) is 9.84 Å². The van der Waals surface area contributed by atoms with Crippen molar-refractivity contribution in [3.8, 4) is 0 Å². The molecule has 0 radical (unpaired) electrons. The first-order valence-corrected chi connectivity index (χ1v) is 5.10. The van der Waals surface area contributed by atoms with Gasteiger partial charge in [0.05, 0.1) is 11.5 Å². The van der Waals surface area contributed by atoms with Crippen molar-refractivity contribution >= 4 is 23.3 Å². The van der Waals surface area contributed by atoms with Crippen molar-refractivity contribution in [3.05, 3.63) is 21.0 Å². The van der Waals surface area contributed by atoms with Crippen LogP contribution in [-0.4, -0.2) is 27.3 Å². The molecule has 1 aromatic heterocycles. The van der Waals surface area contributed by atoms with Gasteiger partial charge >= 0.3 is 11.7 Å². The minimum atomic E-state index is -3.16. The van der Waals surface area contributed by atoms with Gasteiger partial charge in [-0.1, -0.05) is 11.6 Å². The lowest BCUT2D eigenvalue weighted by molar-refractivity contribution is -0.386. The average molecular weight is 284 g/mol. The maximum atomic E-state index is 12.5. The maximum absolute atomic E-state index is 12.5. The molecule has 0 saturated carbocycles. The van der Waals surface area contributed by atoms with Gasteiger partial charge in [0.15, 0.2) is 0 Å². The second-order valence-corrected chi connectivity index (χ2v) is 3.40. The number of carbonyl (C=O) groups excluding carboxylic acids is 1. The predicted molar refractivity (Wildman–Crippen MR) is 55.5 cm³/mol. The van der Waals surface area contributed by atoms with Crippen LogP contribution in [0.25, 0.3) is 0 Å². The zero-order chi connectivity index (χ0) is 13.9. The third-order valence-corrected chi connectivity index (χ3v) is 2.24. The van der Waals surface area contributed by atoms with Crippen LogP contribution in [0, 0.1) is 10.1 Å². The molecule has 1 aromatic rings. The molecule has 10 heteroatoms. The number of ether oxygens (including phenoxy) is 1. The molecule has 1 heterocycles. The highest BCUT2D eigenvalue weighted by atomic mass is 35.5. The van der Waals surface area contributed by atoms with Gasteiger partial charge in [-0.05, 0) is 6.92 Å². The highest BCUT2D eigenvalue weighted by Gasteiger charge is 2.32. The van der Waals surface area contributed by atoms with E-state index in [9.17, 15) is 23.7 Å². The summed E-state index contributed by atoms with van der Waals surface area (Å²) in [5.74, 6) is -0.780. The van der Waals surface area contributed by atoms with Crippen molar-refractivity contribution in [2.45, 2.75) is 19.9 Å². The first-order valence-electron chi connectivity index (χ1n) is 4.72. The van der Waals surface area contributed by atoms with Gasteiger partial charge in [-0.25, -0.2) is 13.5 Å². The molecule has 0 aliphatic rings. The molecular formula is C8H8ClF2N3O4. The number of esters is 1. The van der Waals surface area contributed by atoms with Gasteiger partial charge in [0.2, 0.25) is 10.8 Å². The number of halogens is 3. The quantitative estimate of drug-likeness (QED) is 0.468. The number of alkyl halides is 2. The van der Waals surface area contributed by atoms with E-state index in [1.165, 1.54) is 0 Å². The Morgan fingerprint density at radius 1 is 1.67 bits per heavy atom. The third kappa shape index (κ3) is 2.92. The SMILES string of the molecule is CCOC(=O)Cn1nc(C(F)F)c([N+](=O)[O-])c1Cl. The molecule has 0 atom stereocenters. The lowest BCUT2D eigenvalue weighted by Gasteiger charge is -2.01. The number of hydrogen-bond acceptors (Lipinski definition) is 5. The Balaban J connectivity index is 3.11. The number of nitro groups is 1. The van der Waals surface area contributed by atoms with Crippen LogP contribution >= 0.6 is 11.6 Å². The largest absolute Gasteiger partial charge is 0.465 e. The molecule has 0 N–H and O–H groups in total. The number of carbonyl (C=O) groups is 1. The van der Waals surface area contributed by atoms with Crippen LogP contribution in [0.15, 0.2) is 0 Å². The van der Waals surface area contributed by atoms with Crippen LogP contribution in [-0.2, 0) is 16.1 Å². The number of aromatic nitrogens is 2. The van der Waals surface area contributed by atoms with Crippen LogP contribution in [0.4, 0.5) is 14.5 Å². The van der Waals surface area contributed by atoms with E-state index in [0.29, 0.717) is 4.68 Å². The molecule has 18 heavy (non-hydrogen) atoms. The predicted octanol–water partition coefficient (Wildman–Crippen LogP) is 1.95. The Morgan fingerprint density at radius 3 is 2.67 bits per heavy atom. The Hall–Kier alpha value is -1.77. The Kier molecular flexibility index (Phi) is 4.54. The van der Waals surface area contributed by atoms with E-state index in [4.69, 9.17) is 11.6 Å². The van der Waals surface area contributed by atoms with Crippen molar-refractivity contribution in [1.29, 1.82) is 0 Å². The van der Waals surface area contributed by atoms with Crippen LogP contribution in [0.5, 0.6) is 0 Å². The molecule has 0 aromatic carbocycles. The summed E-state index contributed by atoms with van der Waals surface area (Å²) in [6, 6.07) is 0. The zero-order valence-electron chi connectivity index (χ0n) is 9.10. The fraction of sp³-hybridized carbons (Fsp3) is 0.500. The van der Waals surface area contributed by atoms with Crippen LogP contribution in [0.3, 0.4) is 0 Å². The number of hydrogen-bond donors (Lipinski definition) is 0.